The summed E-state index contributed by atoms with van der Waals surface area (Å²) < 4.78 is 5.22. The first-order valence-electron chi connectivity index (χ1n) is 5.92. The van der Waals surface area contributed by atoms with Crippen LogP contribution >= 0.6 is 0 Å². The van der Waals surface area contributed by atoms with Crippen LogP contribution in [0.15, 0.2) is 42.9 Å². The van der Waals surface area contributed by atoms with Crippen molar-refractivity contribution < 1.29 is 4.74 Å². The van der Waals surface area contributed by atoms with E-state index in [0.29, 0.717) is 6.54 Å². The third-order valence-electron chi connectivity index (χ3n) is 2.80. The first-order chi connectivity index (χ1) is 8.79. The Kier molecular flexibility index (Phi) is 4.25. The van der Waals surface area contributed by atoms with Crippen molar-refractivity contribution in [2.24, 2.45) is 0 Å². The standard InChI is InChI=1S/C14H17N3O/c1-11(12-4-3-5-14(8-12)18-2)17-10-13-9-15-6-7-16-13/h3-9,11,17H,10H2,1-2H3/t11-/m1/s1. The number of aromatic nitrogens is 2. The number of benzene rings is 1. The molecule has 0 aliphatic heterocycles. The SMILES string of the molecule is COc1cccc([C@@H](C)NCc2cnccn2)c1. The molecule has 4 nitrogen and oxygen atoms in total. The molecule has 0 aliphatic rings. The number of nitrogens with zero attached hydrogens (tertiary/aromatic N) is 2. The summed E-state index contributed by atoms with van der Waals surface area (Å²) in [7, 11) is 1.68. The van der Waals surface area contributed by atoms with Crippen LogP contribution in [-0.2, 0) is 6.54 Å². The lowest BCUT2D eigenvalue weighted by Crippen LogP contribution is -2.18. The Labute approximate surface area is 107 Å². The van der Waals surface area contributed by atoms with E-state index >= 15 is 0 Å². The zero-order chi connectivity index (χ0) is 12.8. The quantitative estimate of drug-likeness (QED) is 0.875. The molecule has 1 N–H and O–H groups in total. The molecule has 1 aromatic carbocycles. The predicted octanol–water partition coefficient (Wildman–Crippen LogP) is 2.34. The minimum absolute atomic E-state index is 0.238. The van der Waals surface area contributed by atoms with Crippen LogP contribution in [0.5, 0.6) is 5.75 Å². The molecule has 0 amide bonds. The summed E-state index contributed by atoms with van der Waals surface area (Å²) in [6.07, 6.45) is 5.15. The summed E-state index contributed by atoms with van der Waals surface area (Å²) in [5.41, 5.74) is 2.13. The number of nitrogens with one attached hydrogen (secondary N) is 1. The highest BCUT2D eigenvalue weighted by molar-refractivity contribution is 5.30. The summed E-state index contributed by atoms with van der Waals surface area (Å²) in [4.78, 5) is 8.27. The molecular formula is C14H17N3O. The largest absolute Gasteiger partial charge is 0.497 e. The van der Waals surface area contributed by atoms with Crippen molar-refractivity contribution in [2.45, 2.75) is 19.5 Å². The van der Waals surface area contributed by atoms with Gasteiger partial charge in [-0.25, -0.2) is 0 Å². The first kappa shape index (κ1) is 12.5. The Balaban J connectivity index is 1.97. The molecule has 0 fully saturated rings. The maximum absolute atomic E-state index is 5.22. The van der Waals surface area contributed by atoms with E-state index in [2.05, 4.69) is 28.3 Å². The van der Waals surface area contributed by atoms with Gasteiger partial charge in [0, 0.05) is 31.2 Å². The van der Waals surface area contributed by atoms with Crippen LogP contribution in [0.1, 0.15) is 24.2 Å². The maximum atomic E-state index is 5.22. The minimum Gasteiger partial charge on any atom is -0.497 e. The fourth-order valence-electron chi connectivity index (χ4n) is 1.71. The molecule has 0 unspecified atom stereocenters. The van der Waals surface area contributed by atoms with Gasteiger partial charge < -0.3 is 10.1 Å². The van der Waals surface area contributed by atoms with E-state index in [1.807, 2.05) is 18.2 Å². The number of hydrogen-bond acceptors (Lipinski definition) is 4. The van der Waals surface area contributed by atoms with E-state index in [9.17, 15) is 0 Å². The molecule has 0 saturated heterocycles. The summed E-state index contributed by atoms with van der Waals surface area (Å²) in [5, 5.41) is 3.41. The molecule has 18 heavy (non-hydrogen) atoms. The highest BCUT2D eigenvalue weighted by Gasteiger charge is 2.06. The zero-order valence-corrected chi connectivity index (χ0v) is 10.6. The monoisotopic (exact) mass is 243 g/mol. The van der Waals surface area contributed by atoms with Gasteiger partial charge in [-0.2, -0.15) is 0 Å². The average Bonchev–Trinajstić information content (AvgIpc) is 2.46. The minimum atomic E-state index is 0.238. The lowest BCUT2D eigenvalue weighted by Gasteiger charge is -2.14. The molecule has 1 atom stereocenters. The Morgan fingerprint density at radius 1 is 1.33 bits per heavy atom. The van der Waals surface area contributed by atoms with Gasteiger partial charge >= 0.3 is 0 Å². The summed E-state index contributed by atoms with van der Waals surface area (Å²) in [6, 6.07) is 8.29. The topological polar surface area (TPSA) is 47.0 Å². The molecule has 2 rings (SSSR count). The van der Waals surface area contributed by atoms with Gasteiger partial charge in [0.05, 0.1) is 12.8 Å². The van der Waals surface area contributed by atoms with Crippen molar-refractivity contribution in [1.29, 1.82) is 0 Å². The lowest BCUT2D eigenvalue weighted by molar-refractivity contribution is 0.413. The molecule has 94 valence electrons. The second-order valence-corrected chi connectivity index (χ2v) is 4.08. The molecule has 0 aliphatic carbocycles. The van der Waals surface area contributed by atoms with Crippen molar-refractivity contribution in [3.05, 3.63) is 54.1 Å². The van der Waals surface area contributed by atoms with Crippen molar-refractivity contribution in [3.63, 3.8) is 0 Å². The van der Waals surface area contributed by atoms with Crippen molar-refractivity contribution >= 4 is 0 Å². The van der Waals surface area contributed by atoms with Crippen molar-refractivity contribution in [1.82, 2.24) is 15.3 Å². The van der Waals surface area contributed by atoms with Gasteiger partial charge in [-0.3, -0.25) is 9.97 Å². The van der Waals surface area contributed by atoms with Crippen molar-refractivity contribution in [2.75, 3.05) is 7.11 Å². The van der Waals surface area contributed by atoms with Crippen LogP contribution in [-0.4, -0.2) is 17.1 Å². The molecular weight excluding hydrogens is 226 g/mol. The van der Waals surface area contributed by atoms with Gasteiger partial charge in [0.25, 0.3) is 0 Å². The summed E-state index contributed by atoms with van der Waals surface area (Å²) in [6.45, 7) is 2.82. The van der Waals surface area contributed by atoms with Crippen LogP contribution in [0, 0.1) is 0 Å². The van der Waals surface area contributed by atoms with Crippen LogP contribution in [0.25, 0.3) is 0 Å². The Hall–Kier alpha value is -1.94. The molecule has 2 aromatic rings. The molecule has 0 radical (unpaired) electrons. The highest BCUT2D eigenvalue weighted by atomic mass is 16.5. The van der Waals surface area contributed by atoms with E-state index in [0.717, 1.165) is 11.4 Å². The second kappa shape index (κ2) is 6.12. The van der Waals surface area contributed by atoms with E-state index in [4.69, 9.17) is 4.74 Å². The van der Waals surface area contributed by atoms with E-state index in [1.165, 1.54) is 5.56 Å². The predicted molar refractivity (Wildman–Crippen MR) is 70.3 cm³/mol. The Morgan fingerprint density at radius 3 is 2.94 bits per heavy atom. The maximum Gasteiger partial charge on any atom is 0.119 e. The third-order valence-corrected chi connectivity index (χ3v) is 2.80. The first-order valence-corrected chi connectivity index (χ1v) is 5.92. The van der Waals surface area contributed by atoms with Gasteiger partial charge in [-0.15, -0.1) is 0 Å². The average molecular weight is 243 g/mol. The van der Waals surface area contributed by atoms with Gasteiger partial charge in [0.1, 0.15) is 5.75 Å². The van der Waals surface area contributed by atoms with Crippen molar-refractivity contribution in [3.8, 4) is 5.75 Å². The van der Waals surface area contributed by atoms with E-state index in [-0.39, 0.29) is 6.04 Å². The number of ether oxygens (including phenoxy) is 1. The van der Waals surface area contributed by atoms with Crippen LogP contribution < -0.4 is 10.1 Å². The summed E-state index contributed by atoms with van der Waals surface area (Å²) in [5.74, 6) is 0.876. The van der Waals surface area contributed by atoms with Gasteiger partial charge in [0.2, 0.25) is 0 Å². The van der Waals surface area contributed by atoms with Crippen LogP contribution in [0.4, 0.5) is 0 Å². The number of methoxy groups -OCH3 is 1. The third kappa shape index (κ3) is 3.28. The molecule has 1 aromatic heterocycles. The van der Waals surface area contributed by atoms with Crippen LogP contribution in [0.2, 0.25) is 0 Å². The molecule has 0 bridgehead atoms. The molecule has 4 heteroatoms. The van der Waals surface area contributed by atoms with Crippen LogP contribution in [0.3, 0.4) is 0 Å². The highest BCUT2D eigenvalue weighted by Crippen LogP contribution is 2.18. The normalized spacial score (nSPS) is 12.1. The fourth-order valence-corrected chi connectivity index (χ4v) is 1.71. The summed E-state index contributed by atoms with van der Waals surface area (Å²) >= 11 is 0. The van der Waals surface area contributed by atoms with E-state index in [1.54, 1.807) is 25.7 Å². The van der Waals surface area contributed by atoms with Gasteiger partial charge in [-0.1, -0.05) is 12.1 Å². The van der Waals surface area contributed by atoms with Gasteiger partial charge in [0.15, 0.2) is 0 Å². The zero-order valence-electron chi connectivity index (χ0n) is 10.6. The smallest absolute Gasteiger partial charge is 0.119 e. The molecule has 1 heterocycles. The number of hydrogen-bond donors (Lipinski definition) is 1. The lowest BCUT2D eigenvalue weighted by atomic mass is 10.1. The van der Waals surface area contributed by atoms with Gasteiger partial charge in [-0.05, 0) is 24.6 Å². The Morgan fingerprint density at radius 2 is 2.22 bits per heavy atom. The van der Waals surface area contributed by atoms with E-state index < -0.39 is 0 Å². The number of rotatable bonds is 5. The second-order valence-electron chi connectivity index (χ2n) is 4.08. The fraction of sp³-hybridized carbons (Fsp3) is 0.286. The molecule has 0 saturated carbocycles. The Bertz CT molecular complexity index is 487. The molecule has 0 spiro atoms.